The van der Waals surface area contributed by atoms with Crippen LogP contribution in [0, 0.1) is 0 Å². The van der Waals surface area contributed by atoms with E-state index in [1.54, 1.807) is 25.7 Å². The van der Waals surface area contributed by atoms with Crippen molar-refractivity contribution in [3.63, 3.8) is 0 Å². The van der Waals surface area contributed by atoms with Gasteiger partial charge in [-0.2, -0.15) is 8.42 Å². The van der Waals surface area contributed by atoms with Crippen LogP contribution in [-0.4, -0.2) is 43.9 Å². The van der Waals surface area contributed by atoms with Crippen LogP contribution in [0.4, 0.5) is 8.68 Å². The SMILES string of the molecule is CC(C)(C)OC(=O)N1CCC(CS(=O)(=O)F)(c2ccccc2)CC1. The molecule has 1 aromatic carbocycles. The van der Waals surface area contributed by atoms with E-state index < -0.39 is 33.1 Å². The Balaban J connectivity index is 2.18. The summed E-state index contributed by atoms with van der Waals surface area (Å²) in [5.74, 6) is -0.563. The van der Waals surface area contributed by atoms with E-state index >= 15 is 0 Å². The van der Waals surface area contributed by atoms with Crippen LogP contribution in [0.15, 0.2) is 30.3 Å². The quantitative estimate of drug-likeness (QED) is 0.779. The van der Waals surface area contributed by atoms with E-state index in [4.69, 9.17) is 4.74 Å². The van der Waals surface area contributed by atoms with E-state index in [1.165, 1.54) is 0 Å². The van der Waals surface area contributed by atoms with Gasteiger partial charge in [-0.05, 0) is 39.2 Å². The predicted molar refractivity (Wildman–Crippen MR) is 90.1 cm³/mol. The highest BCUT2D eigenvalue weighted by Gasteiger charge is 2.41. The molecule has 0 radical (unpaired) electrons. The normalized spacial score (nSPS) is 18.2. The van der Waals surface area contributed by atoms with Crippen molar-refractivity contribution in [2.45, 2.75) is 44.6 Å². The Labute approximate surface area is 143 Å². The third kappa shape index (κ3) is 4.93. The predicted octanol–water partition coefficient (Wildman–Crippen LogP) is 3.25. The van der Waals surface area contributed by atoms with Crippen molar-refractivity contribution in [1.82, 2.24) is 4.90 Å². The Morgan fingerprint density at radius 1 is 1.21 bits per heavy atom. The van der Waals surface area contributed by atoms with E-state index in [0.29, 0.717) is 25.9 Å². The molecule has 134 valence electrons. The maximum absolute atomic E-state index is 13.4. The molecule has 2 rings (SSSR count). The highest BCUT2D eigenvalue weighted by molar-refractivity contribution is 7.86. The molecule has 1 aromatic rings. The standard InChI is InChI=1S/C17H24FNO4S/c1-16(2,3)23-15(20)19-11-9-17(10-12-19,13-24(18,21)22)14-7-5-4-6-8-14/h4-8H,9-13H2,1-3H3. The second kappa shape index (κ2) is 6.70. The summed E-state index contributed by atoms with van der Waals surface area (Å²) in [6.45, 7) is 6.04. The molecule has 5 nitrogen and oxygen atoms in total. The van der Waals surface area contributed by atoms with Crippen LogP contribution in [-0.2, 0) is 20.4 Å². The van der Waals surface area contributed by atoms with Crippen LogP contribution in [0.25, 0.3) is 0 Å². The maximum atomic E-state index is 13.4. The number of amides is 1. The number of nitrogens with zero attached hydrogens (tertiary/aromatic N) is 1. The molecule has 1 saturated heterocycles. The van der Waals surface area contributed by atoms with Crippen LogP contribution < -0.4 is 0 Å². The molecule has 0 spiro atoms. The molecule has 0 bridgehead atoms. The van der Waals surface area contributed by atoms with E-state index in [0.717, 1.165) is 5.56 Å². The van der Waals surface area contributed by atoms with Gasteiger partial charge in [-0.1, -0.05) is 30.3 Å². The molecule has 0 N–H and O–H groups in total. The summed E-state index contributed by atoms with van der Waals surface area (Å²) >= 11 is 0. The van der Waals surface area contributed by atoms with Gasteiger partial charge in [-0.3, -0.25) is 0 Å². The molecule has 24 heavy (non-hydrogen) atoms. The Kier molecular flexibility index (Phi) is 5.22. The molecule has 1 aliphatic rings. The van der Waals surface area contributed by atoms with Gasteiger partial charge in [-0.25, -0.2) is 4.79 Å². The average molecular weight is 357 g/mol. The number of piperidine rings is 1. The van der Waals surface area contributed by atoms with Crippen molar-refractivity contribution in [3.05, 3.63) is 35.9 Å². The topological polar surface area (TPSA) is 63.7 Å². The van der Waals surface area contributed by atoms with E-state index in [2.05, 4.69) is 0 Å². The number of ether oxygens (including phenoxy) is 1. The smallest absolute Gasteiger partial charge is 0.410 e. The van der Waals surface area contributed by atoms with Crippen LogP contribution in [0.2, 0.25) is 0 Å². The minimum Gasteiger partial charge on any atom is -0.444 e. The second-order valence-corrected chi connectivity index (χ2v) is 8.66. The second-order valence-electron chi connectivity index (χ2n) is 7.30. The van der Waals surface area contributed by atoms with Crippen molar-refractivity contribution in [3.8, 4) is 0 Å². The molecular weight excluding hydrogens is 333 g/mol. The summed E-state index contributed by atoms with van der Waals surface area (Å²) in [4.78, 5) is 13.7. The maximum Gasteiger partial charge on any atom is 0.410 e. The van der Waals surface area contributed by atoms with Crippen molar-refractivity contribution >= 4 is 16.3 Å². The third-order valence-corrected chi connectivity index (χ3v) is 5.10. The number of hydrogen-bond donors (Lipinski definition) is 0. The van der Waals surface area contributed by atoms with Gasteiger partial charge in [0.1, 0.15) is 5.60 Å². The Morgan fingerprint density at radius 2 is 1.75 bits per heavy atom. The molecule has 0 atom stereocenters. The molecular formula is C17H24FNO4S. The number of hydrogen-bond acceptors (Lipinski definition) is 4. The Hall–Kier alpha value is -1.63. The molecule has 1 amide bonds. The Bertz CT molecular complexity index is 674. The van der Waals surface area contributed by atoms with E-state index in [1.807, 2.05) is 30.3 Å². The summed E-state index contributed by atoms with van der Waals surface area (Å²) in [5.41, 5.74) is -0.615. The highest BCUT2D eigenvalue weighted by Crippen LogP contribution is 2.37. The molecule has 1 aliphatic heterocycles. The number of likely N-dealkylation sites (tertiary alicyclic amines) is 1. The fraction of sp³-hybridized carbons (Fsp3) is 0.588. The van der Waals surface area contributed by atoms with Crippen LogP contribution in [0.3, 0.4) is 0 Å². The Morgan fingerprint density at radius 3 is 2.21 bits per heavy atom. The van der Waals surface area contributed by atoms with Crippen molar-refractivity contribution in [2.75, 3.05) is 18.8 Å². The summed E-state index contributed by atoms with van der Waals surface area (Å²) in [7, 11) is -4.63. The fourth-order valence-corrected chi connectivity index (χ4v) is 4.20. The minimum atomic E-state index is -4.63. The molecule has 0 aromatic heterocycles. The molecule has 0 saturated carbocycles. The first kappa shape index (κ1) is 18.7. The zero-order chi connectivity index (χ0) is 18.0. The van der Waals surface area contributed by atoms with Crippen LogP contribution >= 0.6 is 0 Å². The van der Waals surface area contributed by atoms with Gasteiger partial charge < -0.3 is 9.64 Å². The van der Waals surface area contributed by atoms with Crippen LogP contribution in [0.1, 0.15) is 39.2 Å². The number of rotatable bonds is 3. The lowest BCUT2D eigenvalue weighted by Crippen LogP contribution is -2.49. The lowest BCUT2D eigenvalue weighted by molar-refractivity contribution is 0.0173. The molecule has 7 heteroatoms. The van der Waals surface area contributed by atoms with Gasteiger partial charge in [0.25, 0.3) is 0 Å². The zero-order valence-corrected chi connectivity index (χ0v) is 15.1. The van der Waals surface area contributed by atoms with Crippen LogP contribution in [0.5, 0.6) is 0 Å². The number of carbonyl (C=O) groups excluding carboxylic acids is 1. The van der Waals surface area contributed by atoms with Crippen molar-refractivity contribution in [2.24, 2.45) is 0 Å². The number of benzene rings is 1. The summed E-state index contributed by atoms with van der Waals surface area (Å²) in [5, 5.41) is 0. The van der Waals surface area contributed by atoms with E-state index in [9.17, 15) is 17.1 Å². The monoisotopic (exact) mass is 357 g/mol. The molecule has 0 aliphatic carbocycles. The van der Waals surface area contributed by atoms with Gasteiger partial charge in [0, 0.05) is 18.5 Å². The van der Waals surface area contributed by atoms with Gasteiger partial charge in [-0.15, -0.1) is 3.89 Å². The molecule has 1 heterocycles. The summed E-state index contributed by atoms with van der Waals surface area (Å²) < 4.78 is 41.4. The first-order valence-corrected chi connectivity index (χ1v) is 9.52. The van der Waals surface area contributed by atoms with Gasteiger partial charge >= 0.3 is 16.3 Å². The largest absolute Gasteiger partial charge is 0.444 e. The number of halogens is 1. The minimum absolute atomic E-state index is 0.333. The first-order chi connectivity index (χ1) is 11.0. The van der Waals surface area contributed by atoms with Gasteiger partial charge in [0.2, 0.25) is 0 Å². The molecule has 0 unspecified atom stereocenters. The zero-order valence-electron chi connectivity index (χ0n) is 14.3. The molecule has 1 fully saturated rings. The van der Waals surface area contributed by atoms with Crippen molar-refractivity contribution in [1.29, 1.82) is 0 Å². The van der Waals surface area contributed by atoms with E-state index in [-0.39, 0.29) is 0 Å². The highest BCUT2D eigenvalue weighted by atomic mass is 32.3. The fourth-order valence-electron chi connectivity index (χ4n) is 3.08. The van der Waals surface area contributed by atoms with Gasteiger partial charge in [0.15, 0.2) is 0 Å². The van der Waals surface area contributed by atoms with Gasteiger partial charge in [0.05, 0.1) is 5.75 Å². The lowest BCUT2D eigenvalue weighted by Gasteiger charge is -2.41. The summed E-state index contributed by atoms with van der Waals surface area (Å²) in [6.07, 6.45) is 0.325. The lowest BCUT2D eigenvalue weighted by atomic mass is 9.74. The number of carbonyl (C=O) groups is 1. The summed E-state index contributed by atoms with van der Waals surface area (Å²) in [6, 6.07) is 9.07. The van der Waals surface area contributed by atoms with Crippen molar-refractivity contribution < 1.29 is 21.8 Å². The first-order valence-electron chi connectivity index (χ1n) is 7.97. The average Bonchev–Trinajstić information content (AvgIpc) is 2.45. The third-order valence-electron chi connectivity index (χ3n) is 4.21.